The monoisotopic (exact) mass is 1630 g/mol. The number of aliphatic hydroxyl groups is 11. The minimum Gasteiger partial charge on any atom is -0.477 e. The summed E-state index contributed by atoms with van der Waals surface area (Å²) in [5.41, 5.74) is 0. The van der Waals surface area contributed by atoms with Gasteiger partial charge in [-0.15, -0.1) is 0 Å². The lowest BCUT2D eigenvalue weighted by molar-refractivity contribution is -0.386. The number of aliphatic hydroxyl groups excluding tert-OH is 11. The summed E-state index contributed by atoms with van der Waals surface area (Å²) in [4.78, 5) is 38.8. The Balaban J connectivity index is 1.40. The van der Waals surface area contributed by atoms with E-state index in [1.807, 2.05) is 6.08 Å². The average Bonchev–Trinajstić information content (AvgIpc) is 0.752. The van der Waals surface area contributed by atoms with Crippen LogP contribution in [0.3, 0.4) is 0 Å². The van der Waals surface area contributed by atoms with Gasteiger partial charge in [-0.05, 0) is 44.9 Å². The molecule has 3 heterocycles. The normalized spacial score (nSPS) is 25.2. The Bertz CT molecular complexity index is 2340. The summed E-state index contributed by atoms with van der Waals surface area (Å²) in [6, 6.07) is -2.62. The zero-order valence-electron chi connectivity index (χ0n) is 71.7. The quantitative estimate of drug-likeness (QED) is 0.0199. The molecule has 0 radical (unpaired) electrons. The molecule has 0 aromatic heterocycles. The summed E-state index contributed by atoms with van der Waals surface area (Å²) in [5.74, 6) is -6.13. The number of hydrogen-bond donors (Lipinski definition) is 14. The molecule has 18 unspecified atom stereocenters. The number of ether oxygens (including phenoxy) is 6. The number of carbonyl (C=O) groups is 3. The maximum Gasteiger partial charge on any atom is 0.364 e. The Morgan fingerprint density at radius 1 is 0.456 bits per heavy atom. The van der Waals surface area contributed by atoms with Gasteiger partial charge in [0.1, 0.15) is 67.1 Å². The van der Waals surface area contributed by atoms with Crippen molar-refractivity contribution in [1.29, 1.82) is 0 Å². The molecule has 3 aliphatic heterocycles. The SMILES string of the molecule is CCCCCCCCCCCCCCCCCCCC/C=C\CCCCCCCCCCCCCCCCCCCC(=O)NC(COC1OC(CO)C(OC2OC(CO)C(O)C(OC3(C(=O)O)CC(O)C(NC(C)=O)C(C(O)C(O)CO)O3)C2O)C(O)C1O)C(O)/C=C/CCCCCCCCCCCCCCCCCCCCC. The fourth-order valence-electron chi connectivity index (χ4n) is 16.3. The lowest BCUT2D eigenvalue weighted by atomic mass is 9.88. The van der Waals surface area contributed by atoms with E-state index < -0.39 is 155 Å². The molecule has 3 saturated heterocycles. The van der Waals surface area contributed by atoms with Gasteiger partial charge in [0, 0.05) is 19.8 Å². The molecule has 18 atom stereocenters. The molecule has 114 heavy (non-hydrogen) atoms. The molecule has 3 fully saturated rings. The molecule has 23 nitrogen and oxygen atoms in total. The number of nitrogens with one attached hydrogen (secondary N) is 2. The molecule has 0 aromatic carbocycles. The molecular weight excluding hydrogens is 1460 g/mol. The molecule has 2 amide bonds. The first-order valence-corrected chi connectivity index (χ1v) is 46.7. The Hall–Kier alpha value is -2.79. The Kier molecular flexibility index (Phi) is 63.6. The minimum atomic E-state index is -3.08. The number of carboxylic acids is 1. The van der Waals surface area contributed by atoms with Crippen molar-refractivity contribution in [3.05, 3.63) is 24.3 Å². The van der Waals surface area contributed by atoms with E-state index in [-0.39, 0.29) is 12.3 Å². The number of aliphatic carboxylic acids is 1. The van der Waals surface area contributed by atoms with Gasteiger partial charge < -0.3 is 100 Å². The standard InChI is InChI=1S/C91H170N2O21/c1-4-6-8-10-12-14-16-18-20-22-24-26-27-28-29-30-31-32-33-34-35-36-37-38-39-40-41-42-43-45-47-49-51-53-55-57-59-61-63-65-78(101)93-72(73(98)64-62-60-58-56-54-52-50-48-46-44-25-23-21-19-17-15-13-11-9-7-5-2)70-109-88-83(105)82(104)85(77(69-96)111-88)112-89-84(106)87(81(103)76(68-95)110-89)114-91(90(107)108)66-74(99)79(92-71(3)97)86(113-91)80(102)75(100)67-94/h34-35,62,64,72-77,79-89,94-96,98-100,102-106H,4-33,36-61,63,65-70H2,1-3H3,(H,92,97)(H,93,101)(H,107,108)/b35-34-,64-62+. The van der Waals surface area contributed by atoms with E-state index in [0.717, 1.165) is 51.9 Å². The van der Waals surface area contributed by atoms with Crippen LogP contribution in [0.1, 0.15) is 400 Å². The smallest absolute Gasteiger partial charge is 0.364 e. The van der Waals surface area contributed by atoms with Gasteiger partial charge in [0.2, 0.25) is 11.8 Å². The van der Waals surface area contributed by atoms with Gasteiger partial charge in [0.25, 0.3) is 5.79 Å². The number of hydrogen-bond acceptors (Lipinski definition) is 20. The van der Waals surface area contributed by atoms with Gasteiger partial charge in [-0.1, -0.05) is 359 Å². The first kappa shape index (κ1) is 105. The van der Waals surface area contributed by atoms with Crippen LogP contribution in [0.5, 0.6) is 0 Å². The van der Waals surface area contributed by atoms with E-state index in [9.17, 15) is 75.7 Å². The Morgan fingerprint density at radius 3 is 1.19 bits per heavy atom. The largest absolute Gasteiger partial charge is 0.477 e. The number of amides is 2. The van der Waals surface area contributed by atoms with Gasteiger partial charge in [-0.2, -0.15) is 0 Å². The molecule has 0 aromatic rings. The van der Waals surface area contributed by atoms with Crippen LogP contribution < -0.4 is 10.6 Å². The van der Waals surface area contributed by atoms with E-state index in [2.05, 4.69) is 36.6 Å². The van der Waals surface area contributed by atoms with E-state index in [1.54, 1.807) is 6.08 Å². The fourth-order valence-corrected chi connectivity index (χ4v) is 16.3. The first-order valence-electron chi connectivity index (χ1n) is 46.7. The van der Waals surface area contributed by atoms with Crippen molar-refractivity contribution in [2.24, 2.45) is 0 Å². The molecule has 3 aliphatic rings. The number of unbranched alkanes of at least 4 members (excludes halogenated alkanes) is 54. The van der Waals surface area contributed by atoms with Gasteiger partial charge in [-0.25, -0.2) is 4.79 Å². The fraction of sp³-hybridized carbons (Fsp3) is 0.923. The molecule has 14 N–H and O–H groups in total. The van der Waals surface area contributed by atoms with E-state index in [1.165, 1.54) is 308 Å². The van der Waals surface area contributed by atoms with Crippen molar-refractivity contribution in [2.75, 3.05) is 26.4 Å². The number of carbonyl (C=O) groups excluding carboxylic acids is 2. The third-order valence-electron chi connectivity index (χ3n) is 23.6. The summed E-state index contributed by atoms with van der Waals surface area (Å²) in [6.07, 6.45) is 52.5. The maximum absolute atomic E-state index is 13.6. The summed E-state index contributed by atoms with van der Waals surface area (Å²) in [7, 11) is 0. The van der Waals surface area contributed by atoms with Crippen LogP contribution in [0, 0.1) is 0 Å². The molecule has 670 valence electrons. The predicted molar refractivity (Wildman–Crippen MR) is 449 cm³/mol. The van der Waals surface area contributed by atoms with E-state index >= 15 is 0 Å². The molecule has 0 spiro atoms. The van der Waals surface area contributed by atoms with Crippen molar-refractivity contribution in [2.45, 2.75) is 509 Å². The van der Waals surface area contributed by atoms with Gasteiger partial charge in [0.15, 0.2) is 12.6 Å². The molecule has 0 aliphatic carbocycles. The lowest BCUT2D eigenvalue weighted by Gasteiger charge is -2.50. The third-order valence-corrected chi connectivity index (χ3v) is 23.6. The van der Waals surface area contributed by atoms with Crippen LogP contribution in [0.4, 0.5) is 0 Å². The zero-order valence-corrected chi connectivity index (χ0v) is 71.7. The summed E-state index contributed by atoms with van der Waals surface area (Å²) < 4.78 is 35.0. The highest BCUT2D eigenvalue weighted by molar-refractivity contribution is 5.77. The van der Waals surface area contributed by atoms with Crippen LogP contribution in [-0.4, -0.2) is 215 Å². The van der Waals surface area contributed by atoms with Crippen molar-refractivity contribution < 1.29 is 104 Å². The van der Waals surface area contributed by atoms with Crippen LogP contribution >= 0.6 is 0 Å². The van der Waals surface area contributed by atoms with E-state index in [0.29, 0.717) is 12.8 Å². The second-order valence-electron chi connectivity index (χ2n) is 33.9. The van der Waals surface area contributed by atoms with Gasteiger partial charge >= 0.3 is 5.97 Å². The minimum absolute atomic E-state index is 0.204. The maximum atomic E-state index is 13.6. The zero-order chi connectivity index (χ0) is 83.1. The lowest BCUT2D eigenvalue weighted by Crippen LogP contribution is -2.70. The second-order valence-corrected chi connectivity index (χ2v) is 33.9. The van der Waals surface area contributed by atoms with Gasteiger partial charge in [0.05, 0.1) is 50.7 Å². The second kappa shape index (κ2) is 68.8. The van der Waals surface area contributed by atoms with E-state index in [4.69, 9.17) is 28.4 Å². The van der Waals surface area contributed by atoms with Crippen LogP contribution in [0.2, 0.25) is 0 Å². The summed E-state index contributed by atoms with van der Waals surface area (Å²) in [5, 5.41) is 137. The number of rotatable bonds is 76. The highest BCUT2D eigenvalue weighted by atomic mass is 16.8. The number of carboxylic acid groups (broad SMARTS) is 1. The highest BCUT2D eigenvalue weighted by Crippen LogP contribution is 2.39. The third kappa shape index (κ3) is 46.9. The Labute approximate surface area is 689 Å². The van der Waals surface area contributed by atoms with Gasteiger partial charge in [-0.3, -0.25) is 9.59 Å². The molecule has 23 heteroatoms. The predicted octanol–water partition coefficient (Wildman–Crippen LogP) is 15.4. The van der Waals surface area contributed by atoms with Crippen molar-refractivity contribution in [3.8, 4) is 0 Å². The van der Waals surface area contributed by atoms with Crippen LogP contribution in [-0.2, 0) is 42.8 Å². The molecular formula is C91H170N2O21. The summed E-state index contributed by atoms with van der Waals surface area (Å²) >= 11 is 0. The average molecular weight is 1630 g/mol. The molecule has 0 bridgehead atoms. The van der Waals surface area contributed by atoms with Crippen LogP contribution in [0.15, 0.2) is 24.3 Å². The number of allylic oxidation sites excluding steroid dienone is 3. The van der Waals surface area contributed by atoms with Crippen molar-refractivity contribution in [1.82, 2.24) is 10.6 Å². The van der Waals surface area contributed by atoms with Crippen molar-refractivity contribution in [3.63, 3.8) is 0 Å². The Morgan fingerprint density at radius 2 is 0.825 bits per heavy atom. The first-order chi connectivity index (χ1) is 55.4. The topological polar surface area (TPSA) is 373 Å². The molecule has 3 rings (SSSR count). The van der Waals surface area contributed by atoms with Crippen LogP contribution in [0.25, 0.3) is 0 Å². The highest BCUT2D eigenvalue weighted by Gasteiger charge is 2.60. The van der Waals surface area contributed by atoms with Crippen molar-refractivity contribution >= 4 is 17.8 Å². The molecule has 0 saturated carbocycles. The summed E-state index contributed by atoms with van der Waals surface area (Å²) in [6.45, 7) is 2.21.